The summed E-state index contributed by atoms with van der Waals surface area (Å²) in [5.41, 5.74) is 2.53. The molecule has 0 unspecified atom stereocenters. The van der Waals surface area contributed by atoms with Crippen LogP contribution in [0.4, 0.5) is 14.5 Å². The molecule has 0 aliphatic heterocycles. The molecule has 0 N–H and O–H groups in total. The van der Waals surface area contributed by atoms with Crippen molar-refractivity contribution in [2.75, 3.05) is 13.6 Å². The van der Waals surface area contributed by atoms with Gasteiger partial charge in [0, 0.05) is 20.0 Å². The number of rotatable bonds is 5. The van der Waals surface area contributed by atoms with Crippen molar-refractivity contribution in [1.82, 2.24) is 4.90 Å². The summed E-state index contributed by atoms with van der Waals surface area (Å²) in [5.74, 6) is -0.660. The van der Waals surface area contributed by atoms with Crippen molar-refractivity contribution in [3.05, 3.63) is 64.7 Å². The van der Waals surface area contributed by atoms with Crippen LogP contribution in [0, 0.1) is 18.6 Å². The molecule has 2 rings (SSSR count). The molecule has 0 amide bonds. The minimum absolute atomic E-state index is 0.269. The van der Waals surface area contributed by atoms with E-state index in [1.54, 1.807) is 30.6 Å². The standard InChI is InChI=1S/C18H20F2N2/c1-4-22(3)12-21-18-9-13(2)15(11-17(18)20)10-14-7-5-6-8-16(14)19/h5-9,11-12H,4,10H2,1-3H3/b21-12+. The second-order valence-electron chi connectivity index (χ2n) is 5.32. The average Bonchev–Trinajstić information content (AvgIpc) is 2.51. The Morgan fingerprint density at radius 2 is 1.82 bits per heavy atom. The van der Waals surface area contributed by atoms with E-state index in [4.69, 9.17) is 0 Å². The van der Waals surface area contributed by atoms with Gasteiger partial charge in [-0.15, -0.1) is 0 Å². The third-order valence-corrected chi connectivity index (χ3v) is 3.64. The van der Waals surface area contributed by atoms with Gasteiger partial charge in [-0.2, -0.15) is 0 Å². The number of nitrogens with zero attached hydrogens (tertiary/aromatic N) is 2. The van der Waals surface area contributed by atoms with Crippen molar-refractivity contribution in [3.63, 3.8) is 0 Å². The number of hydrogen-bond acceptors (Lipinski definition) is 1. The summed E-state index contributed by atoms with van der Waals surface area (Å²) >= 11 is 0. The Bertz CT molecular complexity index is 681. The van der Waals surface area contributed by atoms with Crippen LogP contribution in [-0.4, -0.2) is 24.8 Å². The highest BCUT2D eigenvalue weighted by atomic mass is 19.1. The van der Waals surface area contributed by atoms with Crippen LogP contribution in [0.15, 0.2) is 41.4 Å². The maximum Gasteiger partial charge on any atom is 0.149 e. The third kappa shape index (κ3) is 3.91. The molecule has 0 spiro atoms. The van der Waals surface area contributed by atoms with Gasteiger partial charge in [0.25, 0.3) is 0 Å². The van der Waals surface area contributed by atoms with E-state index in [9.17, 15) is 8.78 Å². The molecular formula is C18H20F2N2. The monoisotopic (exact) mass is 302 g/mol. The fourth-order valence-corrected chi connectivity index (χ4v) is 2.09. The number of aryl methyl sites for hydroxylation is 1. The zero-order chi connectivity index (χ0) is 16.1. The first-order valence-electron chi connectivity index (χ1n) is 7.28. The first-order valence-corrected chi connectivity index (χ1v) is 7.28. The fourth-order valence-electron chi connectivity index (χ4n) is 2.09. The second kappa shape index (κ2) is 7.16. The Labute approximate surface area is 130 Å². The Morgan fingerprint density at radius 1 is 1.09 bits per heavy atom. The normalized spacial score (nSPS) is 11.1. The Balaban J connectivity index is 2.27. The van der Waals surface area contributed by atoms with E-state index in [2.05, 4.69) is 4.99 Å². The van der Waals surface area contributed by atoms with Gasteiger partial charge >= 0.3 is 0 Å². The summed E-state index contributed by atoms with van der Waals surface area (Å²) in [6.45, 7) is 4.68. The molecule has 2 nitrogen and oxygen atoms in total. The number of halogens is 2. The van der Waals surface area contributed by atoms with Crippen molar-refractivity contribution in [1.29, 1.82) is 0 Å². The van der Waals surface area contributed by atoms with Gasteiger partial charge in [-0.05, 0) is 48.7 Å². The molecule has 0 atom stereocenters. The van der Waals surface area contributed by atoms with E-state index in [-0.39, 0.29) is 5.82 Å². The largest absolute Gasteiger partial charge is 0.366 e. The van der Waals surface area contributed by atoms with Crippen molar-refractivity contribution < 1.29 is 8.78 Å². The first kappa shape index (κ1) is 16.1. The second-order valence-corrected chi connectivity index (χ2v) is 5.32. The van der Waals surface area contributed by atoms with Gasteiger partial charge in [0.15, 0.2) is 0 Å². The minimum Gasteiger partial charge on any atom is -0.366 e. The van der Waals surface area contributed by atoms with E-state index >= 15 is 0 Å². The van der Waals surface area contributed by atoms with Gasteiger partial charge in [-0.25, -0.2) is 13.8 Å². The highest BCUT2D eigenvalue weighted by molar-refractivity contribution is 5.62. The van der Waals surface area contributed by atoms with Gasteiger partial charge in [0.05, 0.1) is 6.34 Å². The fraction of sp³-hybridized carbons (Fsp3) is 0.278. The lowest BCUT2D eigenvalue weighted by Crippen LogP contribution is -2.14. The predicted molar refractivity (Wildman–Crippen MR) is 86.8 cm³/mol. The molecule has 116 valence electrons. The van der Waals surface area contributed by atoms with Gasteiger partial charge in [-0.1, -0.05) is 18.2 Å². The molecule has 0 aromatic heterocycles. The van der Waals surface area contributed by atoms with Crippen LogP contribution in [0.2, 0.25) is 0 Å². The Kier molecular flexibility index (Phi) is 5.26. The zero-order valence-electron chi connectivity index (χ0n) is 13.1. The lowest BCUT2D eigenvalue weighted by molar-refractivity contribution is 0.551. The van der Waals surface area contributed by atoms with E-state index in [0.29, 0.717) is 17.7 Å². The predicted octanol–water partition coefficient (Wildman–Crippen LogP) is 4.48. The van der Waals surface area contributed by atoms with Gasteiger partial charge in [0.2, 0.25) is 0 Å². The molecule has 2 aromatic rings. The maximum atomic E-state index is 14.2. The summed E-state index contributed by atoms with van der Waals surface area (Å²) in [6.07, 6.45) is 1.97. The van der Waals surface area contributed by atoms with E-state index in [1.807, 2.05) is 25.8 Å². The summed E-state index contributed by atoms with van der Waals surface area (Å²) in [4.78, 5) is 6.02. The zero-order valence-corrected chi connectivity index (χ0v) is 13.1. The van der Waals surface area contributed by atoms with Crippen LogP contribution in [0.1, 0.15) is 23.6 Å². The molecule has 22 heavy (non-hydrogen) atoms. The average molecular weight is 302 g/mol. The van der Waals surface area contributed by atoms with Crippen LogP contribution < -0.4 is 0 Å². The smallest absolute Gasteiger partial charge is 0.149 e. The minimum atomic E-state index is -0.391. The topological polar surface area (TPSA) is 15.6 Å². The molecule has 0 aliphatic rings. The molecule has 0 heterocycles. The van der Waals surface area contributed by atoms with Gasteiger partial charge in [-0.3, -0.25) is 0 Å². The van der Waals surface area contributed by atoms with Crippen LogP contribution in [0.3, 0.4) is 0 Å². The SMILES string of the molecule is CCN(C)/C=N/c1cc(C)c(Cc2ccccc2F)cc1F. The summed E-state index contributed by atoms with van der Waals surface area (Å²) in [7, 11) is 1.88. The lowest BCUT2D eigenvalue weighted by atomic mass is 9.99. The maximum absolute atomic E-state index is 14.2. The van der Waals surface area contributed by atoms with Crippen molar-refractivity contribution in [2.24, 2.45) is 4.99 Å². The van der Waals surface area contributed by atoms with Crippen molar-refractivity contribution in [3.8, 4) is 0 Å². The molecule has 0 fully saturated rings. The summed E-state index contributed by atoms with van der Waals surface area (Å²) in [6, 6.07) is 9.71. The van der Waals surface area contributed by atoms with E-state index in [1.165, 1.54) is 12.1 Å². The van der Waals surface area contributed by atoms with Crippen LogP contribution in [-0.2, 0) is 6.42 Å². The molecule has 0 saturated heterocycles. The van der Waals surface area contributed by atoms with E-state index in [0.717, 1.165) is 17.7 Å². The lowest BCUT2D eigenvalue weighted by Gasteiger charge is -2.11. The van der Waals surface area contributed by atoms with Crippen LogP contribution >= 0.6 is 0 Å². The number of aliphatic imine (C=N–C) groups is 1. The van der Waals surface area contributed by atoms with Crippen molar-refractivity contribution >= 4 is 12.0 Å². The van der Waals surface area contributed by atoms with E-state index < -0.39 is 5.82 Å². The van der Waals surface area contributed by atoms with Crippen LogP contribution in [0.25, 0.3) is 0 Å². The highest BCUT2D eigenvalue weighted by Gasteiger charge is 2.09. The molecule has 2 aromatic carbocycles. The Hall–Kier alpha value is -2.23. The van der Waals surface area contributed by atoms with Gasteiger partial charge in [0.1, 0.15) is 17.3 Å². The quantitative estimate of drug-likeness (QED) is 0.587. The third-order valence-electron chi connectivity index (χ3n) is 3.64. The summed E-state index contributed by atoms with van der Waals surface area (Å²) in [5, 5.41) is 0. The molecule has 0 saturated carbocycles. The van der Waals surface area contributed by atoms with Crippen molar-refractivity contribution in [2.45, 2.75) is 20.3 Å². The Morgan fingerprint density at radius 3 is 2.50 bits per heavy atom. The first-order chi connectivity index (χ1) is 10.5. The molecular weight excluding hydrogens is 282 g/mol. The number of hydrogen-bond donors (Lipinski definition) is 0. The number of benzene rings is 2. The molecule has 4 heteroatoms. The van der Waals surface area contributed by atoms with Gasteiger partial charge < -0.3 is 4.90 Å². The molecule has 0 bridgehead atoms. The molecule has 0 aliphatic carbocycles. The summed E-state index contributed by atoms with van der Waals surface area (Å²) < 4.78 is 27.9. The highest BCUT2D eigenvalue weighted by Crippen LogP contribution is 2.24. The van der Waals surface area contributed by atoms with Crippen LogP contribution in [0.5, 0.6) is 0 Å². The molecule has 0 radical (unpaired) electrons.